The molecule has 0 fully saturated rings. The van der Waals surface area contributed by atoms with Crippen LogP contribution in [0.4, 0.5) is 10.7 Å². The molecule has 12 heteroatoms. The molecule has 0 saturated carbocycles. The summed E-state index contributed by atoms with van der Waals surface area (Å²) in [5.74, 6) is -1.15. The zero-order valence-corrected chi connectivity index (χ0v) is 16.6. The second-order valence-corrected chi connectivity index (χ2v) is 11.4. The monoisotopic (exact) mass is 441 g/mol. The van der Waals surface area contributed by atoms with Gasteiger partial charge in [-0.15, -0.1) is 0 Å². The van der Waals surface area contributed by atoms with E-state index in [1.807, 2.05) is 0 Å². The van der Waals surface area contributed by atoms with Crippen LogP contribution in [0.15, 0.2) is 29.2 Å². The van der Waals surface area contributed by atoms with Crippen molar-refractivity contribution in [2.45, 2.75) is 11.8 Å². The van der Waals surface area contributed by atoms with Crippen LogP contribution >= 0.6 is 0 Å². The standard InChI is InChI=1S/C14H14AsN4O6S/c1-8-16-13(18-14(17-8)25-3)19(2)12(22)15-26(23,24)10-7-5-4-6-9(10)11(20)21/h4-7H,1-3H3,(H,20,21). The Morgan fingerprint density at radius 3 is 2.46 bits per heavy atom. The predicted octanol–water partition coefficient (Wildman–Crippen LogP) is 0.536. The van der Waals surface area contributed by atoms with Crippen molar-refractivity contribution in [3.8, 4) is 6.01 Å². The van der Waals surface area contributed by atoms with E-state index in [0.717, 1.165) is 11.0 Å². The molecule has 1 N–H and O–H groups in total. The summed E-state index contributed by atoms with van der Waals surface area (Å²) in [6.45, 7) is 1.57. The number of aromatic carboxylic acids is 1. The fraction of sp³-hybridized carbons (Fsp3) is 0.214. The number of methoxy groups -OCH3 is 1. The number of aryl methyl sites for hydroxylation is 1. The third-order valence-corrected chi connectivity index (χ3v) is 8.75. The van der Waals surface area contributed by atoms with Gasteiger partial charge in [-0.1, -0.05) is 0 Å². The number of anilines is 1. The van der Waals surface area contributed by atoms with E-state index in [2.05, 4.69) is 15.0 Å². The Balaban J connectivity index is 2.31. The molecular weight excluding hydrogens is 427 g/mol. The van der Waals surface area contributed by atoms with Crippen LogP contribution in [0.2, 0.25) is 0 Å². The second-order valence-electron chi connectivity index (χ2n) is 4.88. The summed E-state index contributed by atoms with van der Waals surface area (Å²) < 4.78 is 29.3. The molecule has 0 unspecified atom stereocenters. The van der Waals surface area contributed by atoms with Crippen molar-refractivity contribution in [3.05, 3.63) is 35.7 Å². The van der Waals surface area contributed by atoms with Gasteiger partial charge in [0.15, 0.2) is 0 Å². The number of hydrogen-bond acceptors (Lipinski definition) is 8. The van der Waals surface area contributed by atoms with Crippen molar-refractivity contribution in [1.82, 2.24) is 15.0 Å². The number of carboxylic acids is 1. The van der Waals surface area contributed by atoms with Gasteiger partial charge in [-0.05, 0) is 0 Å². The molecule has 1 radical (unpaired) electrons. The predicted molar refractivity (Wildman–Crippen MR) is 91.3 cm³/mol. The SMILES string of the molecule is COc1nc(C)nc(N(C)C(=O)[As]S(=O)(=O)c2ccccc2C(=O)O)n1. The van der Waals surface area contributed by atoms with Crippen LogP contribution in [0.25, 0.3) is 0 Å². The Morgan fingerprint density at radius 2 is 1.85 bits per heavy atom. The first-order valence-corrected chi connectivity index (χ1v) is 11.7. The first-order valence-electron chi connectivity index (χ1n) is 7.00. The van der Waals surface area contributed by atoms with Crippen LogP contribution in [0, 0.1) is 6.92 Å². The molecule has 1 heterocycles. The Labute approximate surface area is 154 Å². The molecule has 1 aromatic carbocycles. The Bertz CT molecular complexity index is 966. The average molecular weight is 441 g/mol. The fourth-order valence-corrected chi connectivity index (χ4v) is 6.84. The van der Waals surface area contributed by atoms with Crippen LogP contribution in [0.5, 0.6) is 6.01 Å². The number of rotatable bonds is 6. The van der Waals surface area contributed by atoms with Crippen LogP contribution in [0.1, 0.15) is 16.2 Å². The Kier molecular flexibility index (Phi) is 5.93. The van der Waals surface area contributed by atoms with E-state index in [0.29, 0.717) is 5.82 Å². The van der Waals surface area contributed by atoms with E-state index in [-0.39, 0.29) is 17.5 Å². The minimum atomic E-state index is -4.09. The summed E-state index contributed by atoms with van der Waals surface area (Å²) in [5, 5.41) is 9.15. The van der Waals surface area contributed by atoms with Gasteiger partial charge in [-0.25, -0.2) is 0 Å². The number of nitrogens with zero attached hydrogens (tertiary/aromatic N) is 4. The molecule has 137 valence electrons. The molecule has 2 rings (SSSR count). The number of carbonyl (C=O) groups is 2. The van der Waals surface area contributed by atoms with Crippen LogP contribution in [-0.2, 0) is 8.10 Å². The third kappa shape index (κ3) is 4.35. The summed E-state index contributed by atoms with van der Waals surface area (Å²) in [6.07, 6.45) is 0. The van der Waals surface area contributed by atoms with Gasteiger partial charge in [0.05, 0.1) is 0 Å². The Morgan fingerprint density at radius 1 is 1.19 bits per heavy atom. The molecule has 2 aromatic rings. The van der Waals surface area contributed by atoms with Crippen molar-refractivity contribution in [2.75, 3.05) is 19.1 Å². The number of hydrogen-bond donors (Lipinski definition) is 1. The first kappa shape index (κ1) is 19.8. The van der Waals surface area contributed by atoms with Crippen molar-refractivity contribution in [2.24, 2.45) is 0 Å². The van der Waals surface area contributed by atoms with E-state index in [9.17, 15) is 18.0 Å². The number of carbonyl (C=O) groups excluding carboxylic acids is 1. The molecular formula is C14H14AsN4O6S. The van der Waals surface area contributed by atoms with E-state index in [4.69, 9.17) is 9.84 Å². The number of ether oxygens (including phenoxy) is 1. The van der Waals surface area contributed by atoms with E-state index in [1.165, 1.54) is 32.4 Å². The molecule has 0 aliphatic rings. The molecule has 26 heavy (non-hydrogen) atoms. The van der Waals surface area contributed by atoms with Gasteiger partial charge in [-0.2, -0.15) is 0 Å². The van der Waals surface area contributed by atoms with Crippen LogP contribution in [0.3, 0.4) is 0 Å². The van der Waals surface area contributed by atoms with Crippen LogP contribution in [-0.4, -0.2) is 67.9 Å². The summed E-state index contributed by atoms with van der Waals surface area (Å²) in [6, 6.07) is 5.13. The minimum absolute atomic E-state index is 0.0116. The van der Waals surface area contributed by atoms with Crippen molar-refractivity contribution in [1.29, 1.82) is 0 Å². The molecule has 0 aliphatic carbocycles. The summed E-state index contributed by atoms with van der Waals surface area (Å²) in [5.41, 5.74) is -0.379. The number of amides is 1. The quantitative estimate of drug-likeness (QED) is 0.636. The molecule has 0 atom stereocenters. The zero-order chi connectivity index (χ0) is 19.5. The van der Waals surface area contributed by atoms with Crippen molar-refractivity contribution in [3.63, 3.8) is 0 Å². The topological polar surface area (TPSA) is 140 Å². The molecule has 10 nitrogen and oxygen atoms in total. The zero-order valence-electron chi connectivity index (χ0n) is 13.9. The second kappa shape index (κ2) is 7.79. The van der Waals surface area contributed by atoms with Gasteiger partial charge in [0.25, 0.3) is 0 Å². The number of aromatic nitrogens is 3. The number of carboxylic acid groups (broad SMARTS) is 1. The normalized spacial score (nSPS) is 11.5. The fourth-order valence-electron chi connectivity index (χ4n) is 1.85. The third-order valence-electron chi connectivity index (χ3n) is 3.08. The van der Waals surface area contributed by atoms with Crippen molar-refractivity contribution < 1.29 is 27.9 Å². The van der Waals surface area contributed by atoms with Gasteiger partial charge in [0, 0.05) is 0 Å². The van der Waals surface area contributed by atoms with Crippen molar-refractivity contribution >= 4 is 39.3 Å². The molecule has 1 aromatic heterocycles. The Hall–Kier alpha value is -2.52. The maximum absolute atomic E-state index is 12.5. The number of benzene rings is 1. The summed E-state index contributed by atoms with van der Waals surface area (Å²) >= 11 is -1.96. The molecule has 0 spiro atoms. The first-order chi connectivity index (χ1) is 12.2. The van der Waals surface area contributed by atoms with Gasteiger partial charge in [0.1, 0.15) is 0 Å². The molecule has 0 aliphatic heterocycles. The van der Waals surface area contributed by atoms with Gasteiger partial charge >= 0.3 is 155 Å². The van der Waals surface area contributed by atoms with Crippen LogP contribution < -0.4 is 9.64 Å². The summed E-state index contributed by atoms with van der Waals surface area (Å²) in [7, 11) is -1.42. The summed E-state index contributed by atoms with van der Waals surface area (Å²) in [4.78, 5) is 36.0. The average Bonchev–Trinajstić information content (AvgIpc) is 2.60. The maximum atomic E-state index is 12.5. The molecule has 1 amide bonds. The van der Waals surface area contributed by atoms with E-state index >= 15 is 0 Å². The van der Waals surface area contributed by atoms with E-state index in [1.54, 1.807) is 6.92 Å². The van der Waals surface area contributed by atoms with Gasteiger partial charge < -0.3 is 0 Å². The molecule has 0 saturated heterocycles. The van der Waals surface area contributed by atoms with Gasteiger partial charge in [-0.3, -0.25) is 0 Å². The van der Waals surface area contributed by atoms with E-state index < -0.39 is 38.3 Å². The van der Waals surface area contributed by atoms with Gasteiger partial charge in [0.2, 0.25) is 0 Å². The molecule has 0 bridgehead atoms.